The van der Waals surface area contributed by atoms with Gasteiger partial charge in [0, 0.05) is 17.0 Å². The molecule has 1 aliphatic heterocycles. The summed E-state index contributed by atoms with van der Waals surface area (Å²) in [6, 6.07) is 13.4. The van der Waals surface area contributed by atoms with E-state index in [0.29, 0.717) is 0 Å². The van der Waals surface area contributed by atoms with Gasteiger partial charge >= 0.3 is 0 Å². The van der Waals surface area contributed by atoms with Crippen LogP contribution in [0.15, 0.2) is 53.4 Å². The number of aliphatic hydroxyl groups excluding tert-OH is 4. The molecule has 144 valence electrons. The van der Waals surface area contributed by atoms with Gasteiger partial charge in [-0.15, -0.1) is 0 Å². The Labute approximate surface area is 159 Å². The highest BCUT2D eigenvalue weighted by Gasteiger charge is 2.43. The van der Waals surface area contributed by atoms with Crippen LogP contribution >= 0.6 is 11.8 Å². The summed E-state index contributed by atoms with van der Waals surface area (Å²) in [7, 11) is 0. The van der Waals surface area contributed by atoms with Crippen LogP contribution in [0, 0.1) is 10.1 Å². The minimum atomic E-state index is -1.41. The molecule has 2 aromatic rings. The highest BCUT2D eigenvalue weighted by molar-refractivity contribution is 7.99. The van der Waals surface area contributed by atoms with E-state index in [0.717, 1.165) is 27.8 Å². The van der Waals surface area contributed by atoms with Gasteiger partial charge in [-0.2, -0.15) is 0 Å². The Bertz CT molecular complexity index is 781. The summed E-state index contributed by atoms with van der Waals surface area (Å²) in [5.41, 5.74) is 0.868. The average Bonchev–Trinajstić information content (AvgIpc) is 2.69. The molecule has 5 atom stereocenters. The molecule has 9 heteroatoms. The highest BCUT2D eigenvalue weighted by atomic mass is 32.2. The van der Waals surface area contributed by atoms with Gasteiger partial charge in [-0.3, -0.25) is 10.1 Å². The van der Waals surface area contributed by atoms with Crippen molar-refractivity contribution in [1.29, 1.82) is 0 Å². The van der Waals surface area contributed by atoms with Gasteiger partial charge in [-0.05, 0) is 35.4 Å². The molecule has 1 heterocycles. The van der Waals surface area contributed by atoms with Crippen molar-refractivity contribution in [3.63, 3.8) is 0 Å². The van der Waals surface area contributed by atoms with Crippen molar-refractivity contribution in [3.8, 4) is 11.1 Å². The molecule has 1 fully saturated rings. The third-order valence-corrected chi connectivity index (χ3v) is 5.53. The molecule has 0 aliphatic carbocycles. The van der Waals surface area contributed by atoms with Gasteiger partial charge in [0.25, 0.3) is 5.69 Å². The molecule has 0 spiro atoms. The molecule has 8 nitrogen and oxygen atoms in total. The van der Waals surface area contributed by atoms with Gasteiger partial charge < -0.3 is 25.2 Å². The number of non-ortho nitro benzene ring substituents is 1. The number of rotatable bonds is 5. The van der Waals surface area contributed by atoms with Crippen LogP contribution in [0.3, 0.4) is 0 Å². The smallest absolute Gasteiger partial charge is 0.269 e. The summed E-state index contributed by atoms with van der Waals surface area (Å²) in [5, 5.41) is 49.7. The van der Waals surface area contributed by atoms with E-state index in [1.807, 2.05) is 12.1 Å². The minimum absolute atomic E-state index is 0.0218. The van der Waals surface area contributed by atoms with Crippen molar-refractivity contribution in [2.75, 3.05) is 6.61 Å². The number of nitro benzene ring substituents is 1. The number of benzene rings is 2. The maximum atomic E-state index is 10.7. The molecular formula is C18H19NO7S. The summed E-state index contributed by atoms with van der Waals surface area (Å²) in [6.45, 7) is -0.471. The van der Waals surface area contributed by atoms with Crippen LogP contribution in [0.5, 0.6) is 0 Å². The quantitative estimate of drug-likeness (QED) is 0.439. The third kappa shape index (κ3) is 4.29. The number of hydrogen-bond donors (Lipinski definition) is 4. The predicted octanol–water partition coefficient (Wildman–Crippen LogP) is 1.15. The average molecular weight is 393 g/mol. The van der Waals surface area contributed by atoms with E-state index >= 15 is 0 Å². The first-order valence-electron chi connectivity index (χ1n) is 8.23. The number of thioether (sulfide) groups is 1. The molecule has 3 rings (SSSR count). The molecule has 2 aromatic carbocycles. The Kier molecular flexibility index (Phi) is 6.10. The topological polar surface area (TPSA) is 133 Å². The lowest BCUT2D eigenvalue weighted by molar-refractivity contribution is -0.384. The van der Waals surface area contributed by atoms with Gasteiger partial charge in [-0.25, -0.2) is 0 Å². The fourth-order valence-electron chi connectivity index (χ4n) is 2.80. The van der Waals surface area contributed by atoms with Crippen LogP contribution in [-0.2, 0) is 4.74 Å². The molecule has 0 saturated carbocycles. The Morgan fingerprint density at radius 1 is 0.926 bits per heavy atom. The van der Waals surface area contributed by atoms with Gasteiger partial charge in [0.2, 0.25) is 0 Å². The Balaban J connectivity index is 1.71. The van der Waals surface area contributed by atoms with Crippen molar-refractivity contribution in [2.45, 2.75) is 34.7 Å². The van der Waals surface area contributed by atoms with Crippen molar-refractivity contribution in [2.24, 2.45) is 0 Å². The van der Waals surface area contributed by atoms with Crippen LogP contribution in [-0.4, -0.2) is 61.8 Å². The molecule has 0 amide bonds. The normalized spacial score (nSPS) is 28.1. The van der Waals surface area contributed by atoms with Gasteiger partial charge in [0.1, 0.15) is 29.9 Å². The fraction of sp³-hybridized carbons (Fsp3) is 0.333. The second-order valence-electron chi connectivity index (χ2n) is 6.14. The fourth-order valence-corrected chi connectivity index (χ4v) is 3.86. The maximum Gasteiger partial charge on any atom is 0.269 e. The van der Waals surface area contributed by atoms with E-state index in [-0.39, 0.29) is 5.69 Å². The van der Waals surface area contributed by atoms with E-state index in [9.17, 15) is 30.5 Å². The third-order valence-electron chi connectivity index (χ3n) is 4.37. The van der Waals surface area contributed by atoms with E-state index in [1.54, 1.807) is 24.3 Å². The lowest BCUT2D eigenvalue weighted by Gasteiger charge is -2.39. The Morgan fingerprint density at radius 2 is 1.48 bits per heavy atom. The van der Waals surface area contributed by atoms with Gasteiger partial charge in [-0.1, -0.05) is 23.9 Å². The second-order valence-corrected chi connectivity index (χ2v) is 7.32. The van der Waals surface area contributed by atoms with Crippen LogP contribution in [0.4, 0.5) is 5.69 Å². The summed E-state index contributed by atoms with van der Waals surface area (Å²) in [6.07, 6.45) is -5.04. The number of ether oxygens (including phenoxy) is 1. The second kappa shape index (κ2) is 8.34. The van der Waals surface area contributed by atoms with E-state index in [2.05, 4.69) is 0 Å². The van der Waals surface area contributed by atoms with E-state index < -0.39 is 41.4 Å². The van der Waals surface area contributed by atoms with Crippen LogP contribution in [0.1, 0.15) is 0 Å². The SMILES string of the molecule is O=[N+]([O-])c1ccc(-c2ccc(S[C@@H]3O[C@H](CO)[C@@H](O)[C@H](O)[C@H]3O)cc2)cc1. The summed E-state index contributed by atoms with van der Waals surface area (Å²) < 4.78 is 5.47. The molecule has 0 unspecified atom stereocenters. The van der Waals surface area contributed by atoms with Crippen LogP contribution < -0.4 is 0 Å². The standard InChI is InChI=1S/C18H19NO7S/c20-9-14-15(21)16(22)17(23)18(26-14)27-13-7-3-11(4-8-13)10-1-5-12(6-2-10)19(24)25/h1-8,14-18,20-23H,9H2/t14-,15-,16+,17-,18+/m1/s1. The maximum absolute atomic E-state index is 10.7. The first-order chi connectivity index (χ1) is 12.9. The lowest BCUT2D eigenvalue weighted by Crippen LogP contribution is -2.57. The number of hydrogen-bond acceptors (Lipinski definition) is 8. The van der Waals surface area contributed by atoms with Crippen LogP contribution in [0.2, 0.25) is 0 Å². The van der Waals surface area contributed by atoms with Gasteiger partial charge in [0.05, 0.1) is 11.5 Å². The number of nitrogens with zero attached hydrogens (tertiary/aromatic N) is 1. The van der Waals surface area contributed by atoms with Crippen molar-refractivity contribution < 1.29 is 30.1 Å². The summed E-state index contributed by atoms with van der Waals surface area (Å²) in [5.74, 6) is 0. The molecular weight excluding hydrogens is 374 g/mol. The van der Waals surface area contributed by atoms with Gasteiger partial charge in [0.15, 0.2) is 0 Å². The van der Waals surface area contributed by atoms with Crippen molar-refractivity contribution in [1.82, 2.24) is 0 Å². The molecule has 1 aliphatic rings. The predicted molar refractivity (Wildman–Crippen MR) is 98.2 cm³/mol. The first kappa shape index (κ1) is 19.7. The Hall–Kier alpha value is -2.01. The first-order valence-corrected chi connectivity index (χ1v) is 9.10. The molecule has 27 heavy (non-hydrogen) atoms. The lowest BCUT2D eigenvalue weighted by atomic mass is 10.0. The monoisotopic (exact) mass is 393 g/mol. The number of nitro groups is 1. The molecule has 0 aromatic heterocycles. The molecule has 0 radical (unpaired) electrons. The van der Waals surface area contributed by atoms with E-state index in [1.165, 1.54) is 12.1 Å². The van der Waals surface area contributed by atoms with Crippen molar-refractivity contribution in [3.05, 3.63) is 58.6 Å². The van der Waals surface area contributed by atoms with Crippen molar-refractivity contribution >= 4 is 17.4 Å². The Morgan fingerprint density at radius 3 is 2.00 bits per heavy atom. The zero-order valence-electron chi connectivity index (χ0n) is 14.1. The molecule has 4 N–H and O–H groups in total. The van der Waals surface area contributed by atoms with Crippen LogP contribution in [0.25, 0.3) is 11.1 Å². The number of aliphatic hydroxyl groups is 4. The molecule has 0 bridgehead atoms. The zero-order chi connectivity index (χ0) is 19.6. The zero-order valence-corrected chi connectivity index (χ0v) is 14.9. The van der Waals surface area contributed by atoms with E-state index in [4.69, 9.17) is 4.74 Å². The minimum Gasteiger partial charge on any atom is -0.394 e. The summed E-state index contributed by atoms with van der Waals surface area (Å²) >= 11 is 1.16. The largest absolute Gasteiger partial charge is 0.394 e. The highest BCUT2D eigenvalue weighted by Crippen LogP contribution is 2.34. The molecule has 1 saturated heterocycles. The summed E-state index contributed by atoms with van der Waals surface area (Å²) in [4.78, 5) is 11.0.